The van der Waals surface area contributed by atoms with E-state index in [-0.39, 0.29) is 17.4 Å². The van der Waals surface area contributed by atoms with Gasteiger partial charge in [-0.2, -0.15) is 0 Å². The standard InChI is InChI=1S/C14H19NO5/c1-18-13(16)10-11(14(17)19-2)20-12(15-10)9-7-5-3-4-6-8-9/h9H,3-8H2,1-2H3. The minimum absolute atomic E-state index is 0.0985. The van der Waals surface area contributed by atoms with Crippen LogP contribution in [0.5, 0.6) is 0 Å². The lowest BCUT2D eigenvalue weighted by Crippen LogP contribution is -2.10. The summed E-state index contributed by atoms with van der Waals surface area (Å²) in [6, 6.07) is 0. The van der Waals surface area contributed by atoms with E-state index in [9.17, 15) is 9.59 Å². The molecule has 0 N–H and O–H groups in total. The van der Waals surface area contributed by atoms with Crippen molar-refractivity contribution < 1.29 is 23.5 Å². The van der Waals surface area contributed by atoms with E-state index in [1.807, 2.05) is 0 Å². The molecule has 110 valence electrons. The van der Waals surface area contributed by atoms with Crippen LogP contribution in [0.3, 0.4) is 0 Å². The first-order valence-electron chi connectivity index (χ1n) is 6.84. The molecule has 1 heterocycles. The van der Waals surface area contributed by atoms with E-state index in [1.54, 1.807) is 0 Å². The van der Waals surface area contributed by atoms with Crippen molar-refractivity contribution in [2.75, 3.05) is 14.2 Å². The minimum Gasteiger partial charge on any atom is -0.464 e. The summed E-state index contributed by atoms with van der Waals surface area (Å²) in [6.45, 7) is 0. The average molecular weight is 281 g/mol. The third-order valence-corrected chi connectivity index (χ3v) is 3.60. The van der Waals surface area contributed by atoms with Crippen LogP contribution in [0, 0.1) is 0 Å². The molecule has 0 atom stereocenters. The number of aromatic nitrogens is 1. The smallest absolute Gasteiger partial charge is 0.376 e. The Morgan fingerprint density at radius 2 is 1.65 bits per heavy atom. The number of carbonyl (C=O) groups excluding carboxylic acids is 2. The number of carbonyl (C=O) groups is 2. The zero-order valence-electron chi connectivity index (χ0n) is 11.8. The quantitative estimate of drug-likeness (QED) is 0.626. The lowest BCUT2D eigenvalue weighted by Gasteiger charge is -2.08. The minimum atomic E-state index is -0.710. The van der Waals surface area contributed by atoms with Gasteiger partial charge in [0.05, 0.1) is 14.2 Å². The SMILES string of the molecule is COC(=O)c1nc(C2CCCCCC2)oc1C(=O)OC. The molecule has 20 heavy (non-hydrogen) atoms. The van der Waals surface area contributed by atoms with E-state index in [2.05, 4.69) is 14.5 Å². The third-order valence-electron chi connectivity index (χ3n) is 3.60. The van der Waals surface area contributed by atoms with Crippen LogP contribution in [0.2, 0.25) is 0 Å². The number of esters is 2. The van der Waals surface area contributed by atoms with Crippen LogP contribution in [-0.4, -0.2) is 31.1 Å². The van der Waals surface area contributed by atoms with E-state index in [0.29, 0.717) is 5.89 Å². The first kappa shape index (κ1) is 14.6. The summed E-state index contributed by atoms with van der Waals surface area (Å²) in [5.41, 5.74) is -0.0985. The molecule has 1 aromatic heterocycles. The summed E-state index contributed by atoms with van der Waals surface area (Å²) < 4.78 is 14.7. The number of ether oxygens (including phenoxy) is 2. The molecule has 1 aromatic rings. The second kappa shape index (κ2) is 6.54. The van der Waals surface area contributed by atoms with Crippen LogP contribution in [-0.2, 0) is 9.47 Å². The van der Waals surface area contributed by atoms with Gasteiger partial charge in [-0.05, 0) is 12.8 Å². The Hall–Kier alpha value is -1.85. The second-order valence-electron chi connectivity index (χ2n) is 4.90. The fourth-order valence-electron chi connectivity index (χ4n) is 2.50. The summed E-state index contributed by atoms with van der Waals surface area (Å²) in [7, 11) is 2.47. The van der Waals surface area contributed by atoms with Crippen LogP contribution in [0.4, 0.5) is 0 Å². The Morgan fingerprint density at radius 3 is 2.20 bits per heavy atom. The van der Waals surface area contributed by atoms with Crippen molar-refractivity contribution in [3.63, 3.8) is 0 Å². The zero-order valence-corrected chi connectivity index (χ0v) is 11.8. The highest BCUT2D eigenvalue weighted by Gasteiger charge is 2.30. The monoisotopic (exact) mass is 281 g/mol. The van der Waals surface area contributed by atoms with Crippen molar-refractivity contribution in [2.24, 2.45) is 0 Å². The lowest BCUT2D eigenvalue weighted by molar-refractivity contribution is 0.0525. The maximum absolute atomic E-state index is 11.7. The Balaban J connectivity index is 2.32. The van der Waals surface area contributed by atoms with Gasteiger partial charge in [-0.15, -0.1) is 0 Å². The Bertz CT molecular complexity index is 452. The second-order valence-corrected chi connectivity index (χ2v) is 4.90. The first-order valence-corrected chi connectivity index (χ1v) is 6.84. The van der Waals surface area contributed by atoms with Crippen LogP contribution in [0.15, 0.2) is 4.42 Å². The maximum Gasteiger partial charge on any atom is 0.376 e. The largest absolute Gasteiger partial charge is 0.464 e. The highest BCUT2D eigenvalue weighted by Crippen LogP contribution is 2.32. The fourth-order valence-corrected chi connectivity index (χ4v) is 2.50. The van der Waals surface area contributed by atoms with Gasteiger partial charge in [0.25, 0.3) is 0 Å². The first-order chi connectivity index (χ1) is 9.67. The van der Waals surface area contributed by atoms with Crippen LogP contribution in [0.1, 0.15) is 71.4 Å². The van der Waals surface area contributed by atoms with Gasteiger partial charge in [0.2, 0.25) is 11.5 Å². The molecule has 1 saturated carbocycles. The lowest BCUT2D eigenvalue weighted by atomic mass is 10.0. The Morgan fingerprint density at radius 1 is 1.05 bits per heavy atom. The number of oxazole rings is 1. The van der Waals surface area contributed by atoms with Crippen LogP contribution < -0.4 is 0 Å². The molecule has 1 fully saturated rings. The number of methoxy groups -OCH3 is 2. The van der Waals surface area contributed by atoms with Gasteiger partial charge in [0.1, 0.15) is 0 Å². The van der Waals surface area contributed by atoms with Gasteiger partial charge in [0.15, 0.2) is 5.89 Å². The van der Waals surface area contributed by atoms with E-state index in [0.717, 1.165) is 25.7 Å². The highest BCUT2D eigenvalue weighted by atomic mass is 16.5. The van der Waals surface area contributed by atoms with Crippen molar-refractivity contribution in [1.29, 1.82) is 0 Å². The van der Waals surface area contributed by atoms with E-state index >= 15 is 0 Å². The number of nitrogens with zero attached hydrogens (tertiary/aromatic N) is 1. The summed E-state index contributed by atoms with van der Waals surface area (Å²) in [5, 5.41) is 0. The normalized spacial score (nSPS) is 16.5. The Labute approximate surface area is 117 Å². The van der Waals surface area contributed by atoms with E-state index in [4.69, 9.17) is 4.42 Å². The van der Waals surface area contributed by atoms with Gasteiger partial charge >= 0.3 is 11.9 Å². The Kier molecular flexibility index (Phi) is 4.76. The molecule has 1 aliphatic rings. The van der Waals surface area contributed by atoms with Gasteiger partial charge in [-0.25, -0.2) is 14.6 Å². The molecule has 0 bridgehead atoms. The summed E-state index contributed by atoms with van der Waals surface area (Å²) in [5.74, 6) is -0.975. The van der Waals surface area contributed by atoms with E-state index in [1.165, 1.54) is 27.1 Å². The van der Waals surface area contributed by atoms with Gasteiger partial charge in [-0.3, -0.25) is 0 Å². The summed E-state index contributed by atoms with van der Waals surface area (Å²) >= 11 is 0. The van der Waals surface area contributed by atoms with Crippen LogP contribution >= 0.6 is 0 Å². The number of rotatable bonds is 3. The molecule has 2 rings (SSSR count). The summed E-state index contributed by atoms with van der Waals surface area (Å²) in [6.07, 6.45) is 6.53. The molecule has 0 radical (unpaired) electrons. The number of hydrogen-bond acceptors (Lipinski definition) is 6. The average Bonchev–Trinajstić information content (AvgIpc) is 2.73. The van der Waals surface area contributed by atoms with Crippen molar-refractivity contribution in [1.82, 2.24) is 4.98 Å². The molecular formula is C14H19NO5. The molecular weight excluding hydrogens is 262 g/mol. The van der Waals surface area contributed by atoms with Gasteiger partial charge in [0, 0.05) is 5.92 Å². The van der Waals surface area contributed by atoms with Gasteiger partial charge in [-0.1, -0.05) is 25.7 Å². The van der Waals surface area contributed by atoms with Gasteiger partial charge < -0.3 is 13.9 Å². The molecule has 0 spiro atoms. The predicted octanol–water partition coefficient (Wildman–Crippen LogP) is 2.69. The predicted molar refractivity (Wildman–Crippen MR) is 69.6 cm³/mol. The van der Waals surface area contributed by atoms with Crippen molar-refractivity contribution >= 4 is 11.9 Å². The zero-order chi connectivity index (χ0) is 14.5. The molecule has 0 aromatic carbocycles. The summed E-state index contributed by atoms with van der Waals surface area (Å²) in [4.78, 5) is 27.5. The molecule has 0 amide bonds. The van der Waals surface area contributed by atoms with Crippen molar-refractivity contribution in [3.05, 3.63) is 17.3 Å². The molecule has 0 saturated heterocycles. The van der Waals surface area contributed by atoms with E-state index < -0.39 is 11.9 Å². The molecule has 1 aliphatic carbocycles. The number of hydrogen-bond donors (Lipinski definition) is 0. The molecule has 0 aliphatic heterocycles. The van der Waals surface area contributed by atoms with Crippen molar-refractivity contribution in [3.8, 4) is 0 Å². The van der Waals surface area contributed by atoms with Crippen molar-refractivity contribution in [2.45, 2.75) is 44.4 Å². The topological polar surface area (TPSA) is 78.6 Å². The molecule has 6 heteroatoms. The maximum atomic E-state index is 11.7. The highest BCUT2D eigenvalue weighted by molar-refractivity contribution is 5.99. The van der Waals surface area contributed by atoms with Crippen LogP contribution in [0.25, 0.3) is 0 Å². The molecule has 6 nitrogen and oxygen atoms in total. The third kappa shape index (κ3) is 3.00. The molecule has 0 unspecified atom stereocenters. The fraction of sp³-hybridized carbons (Fsp3) is 0.643.